The van der Waals surface area contributed by atoms with Crippen LogP contribution in [0.1, 0.15) is 21.5 Å². The van der Waals surface area contributed by atoms with Crippen molar-refractivity contribution < 1.29 is 23.9 Å². The molecule has 1 N–H and O–H groups in total. The Kier molecular flexibility index (Phi) is 6.06. The number of carbonyl (C=O) groups excluding carboxylic acids is 4. The zero-order valence-electron chi connectivity index (χ0n) is 17.4. The van der Waals surface area contributed by atoms with Crippen LogP contribution in [0.2, 0.25) is 5.02 Å². The van der Waals surface area contributed by atoms with Crippen LogP contribution in [-0.2, 0) is 9.59 Å². The zero-order chi connectivity index (χ0) is 23.5. The first-order chi connectivity index (χ1) is 15.8. The largest absolute Gasteiger partial charge is 0.422 e. The van der Waals surface area contributed by atoms with Gasteiger partial charge in [0.2, 0.25) is 0 Å². The van der Waals surface area contributed by atoms with Gasteiger partial charge in [0.1, 0.15) is 11.3 Å². The van der Waals surface area contributed by atoms with Gasteiger partial charge >= 0.3 is 12.0 Å². The summed E-state index contributed by atoms with van der Waals surface area (Å²) in [5.41, 5.74) is 1.55. The van der Waals surface area contributed by atoms with Crippen LogP contribution < -0.4 is 15.0 Å². The Morgan fingerprint density at radius 1 is 0.970 bits per heavy atom. The van der Waals surface area contributed by atoms with Crippen molar-refractivity contribution in [3.63, 3.8) is 0 Å². The van der Waals surface area contributed by atoms with Crippen LogP contribution in [0.3, 0.4) is 0 Å². The number of para-hydroxylation sites is 1. The van der Waals surface area contributed by atoms with Crippen molar-refractivity contribution in [1.82, 2.24) is 5.32 Å². The molecule has 8 heteroatoms. The van der Waals surface area contributed by atoms with Crippen LogP contribution >= 0.6 is 11.6 Å². The van der Waals surface area contributed by atoms with E-state index in [4.69, 9.17) is 16.3 Å². The molecule has 1 saturated heterocycles. The van der Waals surface area contributed by atoms with Gasteiger partial charge in [-0.25, -0.2) is 14.5 Å². The van der Waals surface area contributed by atoms with E-state index in [0.29, 0.717) is 16.1 Å². The number of esters is 1. The molecule has 0 saturated carbocycles. The molecule has 0 spiro atoms. The van der Waals surface area contributed by atoms with Gasteiger partial charge in [-0.1, -0.05) is 47.5 Å². The van der Waals surface area contributed by atoms with E-state index < -0.39 is 23.8 Å². The molecular weight excluding hydrogens is 444 g/mol. The van der Waals surface area contributed by atoms with Crippen molar-refractivity contribution in [2.45, 2.75) is 6.92 Å². The summed E-state index contributed by atoms with van der Waals surface area (Å²) in [6, 6.07) is 18.6. The number of halogens is 1. The minimum atomic E-state index is -0.872. The van der Waals surface area contributed by atoms with Gasteiger partial charge in [0.15, 0.2) is 0 Å². The zero-order valence-corrected chi connectivity index (χ0v) is 18.1. The molecule has 0 aliphatic carbocycles. The summed E-state index contributed by atoms with van der Waals surface area (Å²) in [5.74, 6) is -2.09. The Hall–Kier alpha value is -4.23. The van der Waals surface area contributed by atoms with Crippen molar-refractivity contribution in [2.24, 2.45) is 0 Å². The van der Waals surface area contributed by atoms with Crippen LogP contribution in [0, 0.1) is 6.92 Å². The molecule has 3 aromatic carbocycles. The fourth-order valence-corrected chi connectivity index (χ4v) is 3.39. The van der Waals surface area contributed by atoms with E-state index in [1.54, 1.807) is 42.5 Å². The Labute approximate surface area is 194 Å². The van der Waals surface area contributed by atoms with E-state index in [1.165, 1.54) is 30.3 Å². The van der Waals surface area contributed by atoms with Gasteiger partial charge in [-0.3, -0.25) is 14.9 Å². The van der Waals surface area contributed by atoms with Crippen molar-refractivity contribution in [2.75, 3.05) is 4.90 Å². The highest BCUT2D eigenvalue weighted by Gasteiger charge is 2.37. The molecule has 4 rings (SSSR count). The molecule has 1 aliphatic heterocycles. The molecule has 0 atom stereocenters. The maximum absolute atomic E-state index is 13.1. The Bertz CT molecular complexity index is 1310. The Morgan fingerprint density at radius 2 is 1.70 bits per heavy atom. The van der Waals surface area contributed by atoms with Gasteiger partial charge in [0, 0.05) is 10.6 Å². The van der Waals surface area contributed by atoms with Crippen LogP contribution in [0.15, 0.2) is 78.4 Å². The third kappa shape index (κ3) is 4.68. The SMILES string of the molecule is Cc1cccc(C(=O)Oc2ccccc2/C=C2/C(=O)NC(=O)N(c3ccc(Cl)cc3)C2=O)c1. The van der Waals surface area contributed by atoms with Gasteiger partial charge < -0.3 is 4.74 Å². The van der Waals surface area contributed by atoms with E-state index in [2.05, 4.69) is 5.32 Å². The first-order valence-electron chi connectivity index (χ1n) is 9.88. The van der Waals surface area contributed by atoms with E-state index in [9.17, 15) is 19.2 Å². The number of amides is 4. The third-order valence-electron chi connectivity index (χ3n) is 4.86. The number of nitrogens with one attached hydrogen (secondary N) is 1. The second-order valence-corrected chi connectivity index (χ2v) is 7.67. The molecule has 1 heterocycles. The lowest BCUT2D eigenvalue weighted by molar-refractivity contribution is -0.122. The van der Waals surface area contributed by atoms with Crippen LogP contribution in [0.5, 0.6) is 5.75 Å². The smallest absolute Gasteiger partial charge is 0.343 e. The van der Waals surface area contributed by atoms with E-state index >= 15 is 0 Å². The van der Waals surface area contributed by atoms with Crippen molar-refractivity contribution >= 4 is 47.2 Å². The quantitative estimate of drug-likeness (QED) is 0.267. The summed E-state index contributed by atoms with van der Waals surface area (Å²) in [6.07, 6.45) is 1.28. The molecule has 1 fully saturated rings. The Balaban J connectivity index is 1.67. The number of urea groups is 1. The van der Waals surface area contributed by atoms with Crippen LogP contribution in [0.4, 0.5) is 10.5 Å². The molecule has 0 aromatic heterocycles. The van der Waals surface area contributed by atoms with Crippen LogP contribution in [-0.4, -0.2) is 23.8 Å². The average molecular weight is 461 g/mol. The molecular formula is C25H17ClN2O5. The number of hydrogen-bond acceptors (Lipinski definition) is 5. The predicted molar refractivity (Wildman–Crippen MR) is 123 cm³/mol. The van der Waals surface area contributed by atoms with Gasteiger partial charge in [-0.05, 0) is 55.5 Å². The highest BCUT2D eigenvalue weighted by atomic mass is 35.5. The van der Waals surface area contributed by atoms with Gasteiger partial charge in [0.05, 0.1) is 11.3 Å². The van der Waals surface area contributed by atoms with Crippen molar-refractivity contribution in [3.8, 4) is 5.75 Å². The number of hydrogen-bond donors (Lipinski definition) is 1. The second-order valence-electron chi connectivity index (χ2n) is 7.23. The standard InChI is InChI=1S/C25H17ClN2O5/c1-15-5-4-7-17(13-15)24(31)33-21-8-3-2-6-16(21)14-20-22(29)27-25(32)28(23(20)30)19-11-9-18(26)10-12-19/h2-14H,1H3,(H,27,29,32)/b20-14-. The summed E-state index contributed by atoms with van der Waals surface area (Å²) in [6.45, 7) is 1.86. The molecule has 7 nitrogen and oxygen atoms in total. The highest BCUT2D eigenvalue weighted by molar-refractivity contribution is 6.39. The molecule has 33 heavy (non-hydrogen) atoms. The molecule has 3 aromatic rings. The number of barbiturate groups is 1. The topological polar surface area (TPSA) is 92.8 Å². The van der Waals surface area contributed by atoms with E-state index in [0.717, 1.165) is 10.5 Å². The Morgan fingerprint density at radius 3 is 2.42 bits per heavy atom. The summed E-state index contributed by atoms with van der Waals surface area (Å²) >= 11 is 5.88. The number of benzene rings is 3. The lowest BCUT2D eigenvalue weighted by Gasteiger charge is -2.26. The molecule has 1 aliphatic rings. The lowest BCUT2D eigenvalue weighted by atomic mass is 10.1. The average Bonchev–Trinajstić information content (AvgIpc) is 2.79. The fourth-order valence-electron chi connectivity index (χ4n) is 3.26. The lowest BCUT2D eigenvalue weighted by Crippen LogP contribution is -2.54. The normalized spacial score (nSPS) is 14.9. The summed E-state index contributed by atoms with van der Waals surface area (Å²) in [4.78, 5) is 51.3. The molecule has 164 valence electrons. The minimum Gasteiger partial charge on any atom is -0.422 e. The number of imide groups is 2. The first kappa shape index (κ1) is 22.0. The summed E-state index contributed by atoms with van der Waals surface area (Å²) in [7, 11) is 0. The van der Waals surface area contributed by atoms with Gasteiger partial charge in [0.25, 0.3) is 11.8 Å². The number of carbonyl (C=O) groups is 4. The number of aryl methyl sites for hydroxylation is 1. The minimum absolute atomic E-state index is 0.159. The van der Waals surface area contributed by atoms with Crippen molar-refractivity contribution in [3.05, 3.63) is 100 Å². The molecule has 0 bridgehead atoms. The molecule has 4 amide bonds. The van der Waals surface area contributed by atoms with Crippen LogP contribution in [0.25, 0.3) is 6.08 Å². The maximum Gasteiger partial charge on any atom is 0.343 e. The molecule has 0 radical (unpaired) electrons. The maximum atomic E-state index is 13.1. The highest BCUT2D eigenvalue weighted by Crippen LogP contribution is 2.26. The number of ether oxygens (including phenoxy) is 1. The first-order valence-corrected chi connectivity index (χ1v) is 10.3. The van der Waals surface area contributed by atoms with Crippen molar-refractivity contribution in [1.29, 1.82) is 0 Å². The second kappa shape index (κ2) is 9.10. The third-order valence-corrected chi connectivity index (χ3v) is 5.11. The van der Waals surface area contributed by atoms with E-state index in [1.807, 2.05) is 13.0 Å². The van der Waals surface area contributed by atoms with Gasteiger partial charge in [-0.15, -0.1) is 0 Å². The predicted octanol–water partition coefficient (Wildman–Crippen LogP) is 4.53. The van der Waals surface area contributed by atoms with E-state index in [-0.39, 0.29) is 17.0 Å². The molecule has 0 unspecified atom stereocenters. The van der Waals surface area contributed by atoms with Gasteiger partial charge in [-0.2, -0.15) is 0 Å². The summed E-state index contributed by atoms with van der Waals surface area (Å²) < 4.78 is 5.52. The number of nitrogens with zero attached hydrogens (tertiary/aromatic N) is 1. The monoisotopic (exact) mass is 460 g/mol. The fraction of sp³-hybridized carbons (Fsp3) is 0.0400. The number of anilines is 1. The summed E-state index contributed by atoms with van der Waals surface area (Å²) in [5, 5.41) is 2.58. The number of rotatable bonds is 4.